The van der Waals surface area contributed by atoms with Gasteiger partial charge in [0, 0.05) is 12.5 Å². The highest BCUT2D eigenvalue weighted by molar-refractivity contribution is 5.79. The van der Waals surface area contributed by atoms with E-state index in [9.17, 15) is 19.4 Å². The van der Waals surface area contributed by atoms with Crippen molar-refractivity contribution < 1.29 is 24.1 Å². The fourth-order valence-electron chi connectivity index (χ4n) is 4.01. The van der Waals surface area contributed by atoms with Crippen molar-refractivity contribution in [2.45, 2.75) is 24.5 Å². The Hall–Kier alpha value is -3.49. The molecular weight excluding hydrogens is 413 g/mol. The maximum atomic E-state index is 13.3. The Bertz CT molecular complexity index is 1080. The van der Waals surface area contributed by atoms with E-state index >= 15 is 0 Å². The smallest absolute Gasteiger partial charge is 0.407 e. The lowest BCUT2D eigenvalue weighted by Gasteiger charge is -2.19. The van der Waals surface area contributed by atoms with Crippen molar-refractivity contribution in [1.82, 2.24) is 10.3 Å². The zero-order valence-corrected chi connectivity index (χ0v) is 17.2. The van der Waals surface area contributed by atoms with E-state index in [-0.39, 0.29) is 36.9 Å². The molecule has 1 aliphatic rings. The predicted molar refractivity (Wildman–Crippen MR) is 117 cm³/mol. The fraction of sp³-hybridized carbons (Fsp3) is 0.250. The van der Waals surface area contributed by atoms with Crippen LogP contribution in [-0.4, -0.2) is 40.5 Å². The summed E-state index contributed by atoms with van der Waals surface area (Å²) >= 11 is 0. The lowest BCUT2D eigenvalue weighted by Crippen LogP contribution is -2.31. The third-order valence-electron chi connectivity index (χ3n) is 5.62. The van der Waals surface area contributed by atoms with Gasteiger partial charge in [-0.1, -0.05) is 48.5 Å². The Kier molecular flexibility index (Phi) is 6.34. The Morgan fingerprint density at radius 1 is 1.06 bits per heavy atom. The third-order valence-corrected chi connectivity index (χ3v) is 5.62. The number of nitrogens with one attached hydrogen (secondary N) is 1. The minimum Gasteiger partial charge on any atom is -0.449 e. The van der Waals surface area contributed by atoms with Gasteiger partial charge < -0.3 is 26.0 Å². The second kappa shape index (κ2) is 9.33. The van der Waals surface area contributed by atoms with E-state index in [0.717, 1.165) is 28.3 Å². The molecule has 0 radical (unpaired) electrons. The number of halogens is 1. The zero-order valence-electron chi connectivity index (χ0n) is 17.2. The number of hydrogen-bond acceptors (Lipinski definition) is 6. The van der Waals surface area contributed by atoms with Gasteiger partial charge in [0.15, 0.2) is 0 Å². The molecule has 1 aromatic heterocycles. The Balaban J connectivity index is 1.29. The van der Waals surface area contributed by atoms with Gasteiger partial charge in [0.2, 0.25) is 5.95 Å². The molecule has 166 valence electrons. The molecule has 1 aliphatic carbocycles. The molecule has 0 saturated carbocycles. The predicted octanol–water partition coefficient (Wildman–Crippen LogP) is 3.13. The van der Waals surface area contributed by atoms with Crippen LogP contribution < -0.4 is 11.1 Å². The molecule has 2 unspecified atom stereocenters. The van der Waals surface area contributed by atoms with E-state index in [4.69, 9.17) is 10.5 Å². The van der Waals surface area contributed by atoms with Crippen LogP contribution in [0.3, 0.4) is 0 Å². The Labute approximate surface area is 184 Å². The van der Waals surface area contributed by atoms with Gasteiger partial charge in [-0.3, -0.25) is 0 Å². The first-order chi connectivity index (χ1) is 15.5. The summed E-state index contributed by atoms with van der Waals surface area (Å²) in [7, 11) is 0. The molecule has 0 spiro atoms. The number of nitrogen functional groups attached to an aromatic ring is 1. The number of benzene rings is 2. The molecule has 2 aromatic carbocycles. The maximum Gasteiger partial charge on any atom is 0.407 e. The van der Waals surface area contributed by atoms with Crippen molar-refractivity contribution in [1.29, 1.82) is 0 Å². The van der Waals surface area contributed by atoms with Crippen LogP contribution in [0.25, 0.3) is 11.1 Å². The number of hydrogen-bond donors (Lipinski definition) is 4. The van der Waals surface area contributed by atoms with E-state index in [0.29, 0.717) is 0 Å². The summed E-state index contributed by atoms with van der Waals surface area (Å²) < 4.78 is 18.7. The van der Waals surface area contributed by atoms with E-state index in [2.05, 4.69) is 22.4 Å². The van der Waals surface area contributed by atoms with Gasteiger partial charge >= 0.3 is 6.09 Å². The van der Waals surface area contributed by atoms with Crippen LogP contribution in [0.15, 0.2) is 60.7 Å². The van der Waals surface area contributed by atoms with Gasteiger partial charge in [-0.2, -0.15) is 4.39 Å². The molecule has 5 N–H and O–H groups in total. The number of carbonyl (C=O) groups excluding carboxylic acids is 1. The molecule has 0 bridgehead atoms. The first-order valence-electron chi connectivity index (χ1n) is 10.3. The average Bonchev–Trinajstić information content (AvgIpc) is 3.12. The first-order valence-corrected chi connectivity index (χ1v) is 10.3. The SMILES string of the molecule is Nc1ccc(F)nc1C(O)C(O)CCNC(=O)OCC1c2ccccc2-c2ccccc21. The van der Waals surface area contributed by atoms with Crippen LogP contribution in [0.5, 0.6) is 0 Å². The standard InChI is InChI=1S/C24H24FN3O4/c25-21-10-9-19(26)22(28-21)23(30)20(29)11-12-27-24(31)32-13-18-16-7-3-1-5-14(16)15-6-2-4-8-17(15)18/h1-10,18,20,23,29-30H,11-13,26H2,(H,27,31). The molecule has 7 nitrogen and oxygen atoms in total. The third kappa shape index (κ3) is 4.42. The normalized spacial score (nSPS) is 14.3. The summed E-state index contributed by atoms with van der Waals surface area (Å²) in [6, 6.07) is 18.4. The fourth-order valence-corrected chi connectivity index (χ4v) is 4.01. The van der Waals surface area contributed by atoms with Crippen molar-refractivity contribution in [3.8, 4) is 11.1 Å². The highest BCUT2D eigenvalue weighted by Gasteiger charge is 2.29. The van der Waals surface area contributed by atoms with Gasteiger partial charge in [-0.15, -0.1) is 0 Å². The summed E-state index contributed by atoms with van der Waals surface area (Å²) in [5.74, 6) is -0.861. The van der Waals surface area contributed by atoms with Crippen molar-refractivity contribution in [2.24, 2.45) is 0 Å². The number of aliphatic hydroxyl groups excluding tert-OH is 2. The number of aromatic nitrogens is 1. The van der Waals surface area contributed by atoms with E-state index in [1.165, 1.54) is 6.07 Å². The number of carbonyl (C=O) groups is 1. The number of fused-ring (bicyclic) bond motifs is 3. The average molecular weight is 437 g/mol. The van der Waals surface area contributed by atoms with Crippen LogP contribution in [0.2, 0.25) is 0 Å². The summed E-state index contributed by atoms with van der Waals surface area (Å²) in [6.07, 6.45) is -3.39. The number of nitrogens with two attached hydrogens (primary N) is 1. The molecule has 0 aliphatic heterocycles. The minimum absolute atomic E-state index is 0.00297. The Morgan fingerprint density at radius 2 is 1.69 bits per heavy atom. The van der Waals surface area contributed by atoms with Crippen molar-refractivity contribution >= 4 is 11.8 Å². The number of pyridine rings is 1. The van der Waals surface area contributed by atoms with Crippen LogP contribution in [0.4, 0.5) is 14.9 Å². The molecule has 3 aromatic rings. The topological polar surface area (TPSA) is 118 Å². The summed E-state index contributed by atoms with van der Waals surface area (Å²) in [5, 5.41) is 22.9. The second-order valence-corrected chi connectivity index (χ2v) is 7.66. The van der Waals surface area contributed by atoms with Crippen LogP contribution in [-0.2, 0) is 4.74 Å². The molecule has 1 heterocycles. The molecule has 8 heteroatoms. The monoisotopic (exact) mass is 437 g/mol. The molecule has 0 fully saturated rings. The summed E-state index contributed by atoms with van der Waals surface area (Å²) in [4.78, 5) is 15.7. The summed E-state index contributed by atoms with van der Waals surface area (Å²) in [6.45, 7) is 0.221. The first kappa shape index (κ1) is 21.7. The highest BCUT2D eigenvalue weighted by atomic mass is 19.1. The molecule has 2 atom stereocenters. The lowest BCUT2D eigenvalue weighted by atomic mass is 9.98. The highest BCUT2D eigenvalue weighted by Crippen LogP contribution is 2.44. The van der Waals surface area contributed by atoms with Crippen molar-refractivity contribution in [3.63, 3.8) is 0 Å². The number of aliphatic hydroxyl groups is 2. The van der Waals surface area contributed by atoms with E-state index in [1.807, 2.05) is 36.4 Å². The molecule has 32 heavy (non-hydrogen) atoms. The largest absolute Gasteiger partial charge is 0.449 e. The van der Waals surface area contributed by atoms with Crippen LogP contribution in [0.1, 0.15) is 35.3 Å². The number of nitrogens with zero attached hydrogens (tertiary/aromatic N) is 1. The van der Waals surface area contributed by atoms with Gasteiger partial charge in [0.25, 0.3) is 0 Å². The van der Waals surface area contributed by atoms with E-state index in [1.54, 1.807) is 0 Å². The van der Waals surface area contributed by atoms with Gasteiger partial charge in [-0.05, 0) is 40.8 Å². The number of amides is 1. The lowest BCUT2D eigenvalue weighted by molar-refractivity contribution is 0.0112. The van der Waals surface area contributed by atoms with E-state index < -0.39 is 24.2 Å². The van der Waals surface area contributed by atoms with Gasteiger partial charge in [0.1, 0.15) is 12.7 Å². The zero-order chi connectivity index (χ0) is 22.7. The second-order valence-electron chi connectivity index (χ2n) is 7.66. The van der Waals surface area contributed by atoms with Gasteiger partial charge in [0.05, 0.1) is 17.5 Å². The summed E-state index contributed by atoms with van der Waals surface area (Å²) in [5.41, 5.74) is 10.1. The Morgan fingerprint density at radius 3 is 2.34 bits per heavy atom. The van der Waals surface area contributed by atoms with Crippen LogP contribution in [0, 0.1) is 5.95 Å². The number of alkyl carbamates (subject to hydrolysis) is 1. The van der Waals surface area contributed by atoms with Crippen molar-refractivity contribution in [2.75, 3.05) is 18.9 Å². The number of anilines is 1. The molecule has 1 amide bonds. The molecule has 4 rings (SSSR count). The quantitative estimate of drug-likeness (QED) is 0.422. The van der Waals surface area contributed by atoms with Gasteiger partial charge in [-0.25, -0.2) is 9.78 Å². The van der Waals surface area contributed by atoms with Crippen LogP contribution >= 0.6 is 0 Å². The molecule has 0 saturated heterocycles. The number of ether oxygens (including phenoxy) is 1. The number of rotatable bonds is 7. The maximum absolute atomic E-state index is 13.3. The van der Waals surface area contributed by atoms with Crippen molar-refractivity contribution in [3.05, 3.63) is 83.4 Å². The minimum atomic E-state index is -1.48. The molecular formula is C24H24FN3O4.